The van der Waals surface area contributed by atoms with Crippen LogP contribution in [0.5, 0.6) is 0 Å². The Kier molecular flexibility index (Phi) is 4.06. The van der Waals surface area contributed by atoms with E-state index in [1.54, 1.807) is 0 Å². The third kappa shape index (κ3) is 2.61. The predicted molar refractivity (Wildman–Crippen MR) is 60.6 cm³/mol. The lowest BCUT2D eigenvalue weighted by Crippen LogP contribution is -2.39. The molecule has 1 unspecified atom stereocenters. The molecule has 0 bridgehead atoms. The molecule has 0 amide bonds. The first-order valence-corrected chi connectivity index (χ1v) is 4.68. The summed E-state index contributed by atoms with van der Waals surface area (Å²) in [7, 11) is 0. The molecule has 0 radical (unpaired) electrons. The van der Waals surface area contributed by atoms with Gasteiger partial charge in [0, 0.05) is 18.2 Å². The summed E-state index contributed by atoms with van der Waals surface area (Å²) in [5.41, 5.74) is 5.91. The second-order valence-electron chi connectivity index (χ2n) is 3.42. The zero-order valence-corrected chi connectivity index (χ0v) is 9.23. The van der Waals surface area contributed by atoms with Crippen LogP contribution in [0.2, 0.25) is 0 Å². The Morgan fingerprint density at radius 3 is 2.75 bits per heavy atom. The van der Waals surface area contributed by atoms with Gasteiger partial charge in [0.25, 0.3) is 0 Å². The first-order chi connectivity index (χ1) is 7.16. The molecule has 0 aliphatic carbocycles. The second kappa shape index (κ2) is 5.12. The smallest absolute Gasteiger partial charge is 0.189 e. The van der Waals surface area contributed by atoms with Gasteiger partial charge < -0.3 is 11.1 Å². The molecule has 16 heavy (non-hydrogen) atoms. The van der Waals surface area contributed by atoms with Crippen LogP contribution in [0.15, 0.2) is 23.2 Å². The predicted octanol–water partition coefficient (Wildman–Crippen LogP) is 1.74. The summed E-state index contributed by atoms with van der Waals surface area (Å²) >= 11 is 0. The van der Waals surface area contributed by atoms with Crippen LogP contribution in [-0.4, -0.2) is 12.5 Å². The van der Waals surface area contributed by atoms with Crippen LogP contribution >= 0.6 is 12.4 Å². The van der Waals surface area contributed by atoms with Gasteiger partial charge in [0.05, 0.1) is 6.04 Å². The molecule has 1 aliphatic heterocycles. The van der Waals surface area contributed by atoms with Gasteiger partial charge in [-0.15, -0.1) is 12.4 Å². The number of nitrogens with one attached hydrogen (secondary N) is 1. The van der Waals surface area contributed by atoms with Gasteiger partial charge in [0.15, 0.2) is 5.96 Å². The van der Waals surface area contributed by atoms with Crippen molar-refractivity contribution >= 4 is 18.4 Å². The lowest BCUT2D eigenvalue weighted by molar-refractivity contribution is 0.513. The van der Waals surface area contributed by atoms with Crippen LogP contribution in [0.4, 0.5) is 8.78 Å². The van der Waals surface area contributed by atoms with Crippen LogP contribution < -0.4 is 11.1 Å². The Balaban J connectivity index is 0.00000128. The molecule has 1 atom stereocenters. The first kappa shape index (κ1) is 12.7. The average Bonchev–Trinajstić information content (AvgIpc) is 2.17. The molecule has 3 N–H and O–H groups in total. The van der Waals surface area contributed by atoms with Crippen molar-refractivity contribution in [1.29, 1.82) is 0 Å². The molecule has 3 nitrogen and oxygen atoms in total. The zero-order chi connectivity index (χ0) is 10.8. The fourth-order valence-electron chi connectivity index (χ4n) is 1.63. The lowest BCUT2D eigenvalue weighted by Gasteiger charge is -2.23. The third-order valence-corrected chi connectivity index (χ3v) is 2.36. The van der Waals surface area contributed by atoms with Crippen LogP contribution in [0.1, 0.15) is 18.0 Å². The fourth-order valence-corrected chi connectivity index (χ4v) is 1.63. The molecular formula is C10H12ClF2N3. The number of hydrogen-bond donors (Lipinski definition) is 2. The van der Waals surface area contributed by atoms with Crippen molar-refractivity contribution in [2.75, 3.05) is 6.54 Å². The summed E-state index contributed by atoms with van der Waals surface area (Å²) in [6.07, 6.45) is 0.656. The Labute approximate surface area is 98.2 Å². The topological polar surface area (TPSA) is 50.4 Å². The van der Waals surface area contributed by atoms with Gasteiger partial charge in [0.2, 0.25) is 0 Å². The second-order valence-corrected chi connectivity index (χ2v) is 3.42. The van der Waals surface area contributed by atoms with Gasteiger partial charge >= 0.3 is 0 Å². The van der Waals surface area contributed by atoms with Crippen LogP contribution in [0, 0.1) is 11.6 Å². The van der Waals surface area contributed by atoms with Crippen molar-refractivity contribution in [2.24, 2.45) is 10.7 Å². The normalized spacial score (nSPS) is 19.4. The molecule has 1 aliphatic rings. The summed E-state index contributed by atoms with van der Waals surface area (Å²) in [6.45, 7) is 0.556. The summed E-state index contributed by atoms with van der Waals surface area (Å²) < 4.78 is 26.1. The molecule has 0 aromatic heterocycles. The maximum Gasteiger partial charge on any atom is 0.189 e. The number of halogens is 3. The largest absolute Gasteiger partial charge is 0.370 e. The van der Waals surface area contributed by atoms with E-state index in [4.69, 9.17) is 5.73 Å². The number of aliphatic imine (C=N–C) groups is 1. The van der Waals surface area contributed by atoms with Crippen molar-refractivity contribution in [3.63, 3.8) is 0 Å². The van der Waals surface area contributed by atoms with Crippen molar-refractivity contribution in [3.8, 4) is 0 Å². The highest BCUT2D eigenvalue weighted by atomic mass is 35.5. The maximum atomic E-state index is 13.4. The molecule has 0 fully saturated rings. The first-order valence-electron chi connectivity index (χ1n) is 4.68. The number of benzene rings is 1. The lowest BCUT2D eigenvalue weighted by atomic mass is 10.0. The highest BCUT2D eigenvalue weighted by Gasteiger charge is 2.19. The van der Waals surface area contributed by atoms with Crippen molar-refractivity contribution in [1.82, 2.24) is 5.32 Å². The van der Waals surface area contributed by atoms with Crippen LogP contribution in [0.25, 0.3) is 0 Å². The van der Waals surface area contributed by atoms with Crippen LogP contribution in [-0.2, 0) is 0 Å². The minimum Gasteiger partial charge on any atom is -0.370 e. The Morgan fingerprint density at radius 2 is 2.12 bits per heavy atom. The van der Waals surface area contributed by atoms with Gasteiger partial charge in [-0.1, -0.05) is 6.07 Å². The summed E-state index contributed by atoms with van der Waals surface area (Å²) in [4.78, 5) is 3.94. The Hall–Kier alpha value is -1.36. The quantitative estimate of drug-likeness (QED) is 0.794. The number of guanidine groups is 1. The van der Waals surface area contributed by atoms with Crippen molar-refractivity contribution < 1.29 is 8.78 Å². The molecule has 0 spiro atoms. The summed E-state index contributed by atoms with van der Waals surface area (Å²) in [6, 6.07) is 3.32. The standard InChI is InChI=1S/C10H11F2N3.ClH/c11-6-1-2-7(8(12)5-6)9-3-4-14-10(13)15-9;/h1-2,5,9H,3-4H2,(H3,13,14,15);1H. The van der Waals surface area contributed by atoms with Gasteiger partial charge in [-0.3, -0.25) is 4.99 Å². The van der Waals surface area contributed by atoms with Gasteiger partial charge in [-0.25, -0.2) is 8.78 Å². The fraction of sp³-hybridized carbons (Fsp3) is 0.300. The van der Waals surface area contributed by atoms with E-state index < -0.39 is 11.6 Å². The molecular weight excluding hydrogens is 236 g/mol. The number of rotatable bonds is 1. The highest BCUT2D eigenvalue weighted by Crippen LogP contribution is 2.22. The van der Waals surface area contributed by atoms with E-state index in [0.717, 1.165) is 6.07 Å². The molecule has 2 rings (SSSR count). The minimum atomic E-state index is -0.575. The van der Waals surface area contributed by atoms with Gasteiger partial charge in [-0.2, -0.15) is 0 Å². The van der Waals surface area contributed by atoms with E-state index in [-0.39, 0.29) is 18.4 Å². The molecule has 1 aromatic rings. The summed E-state index contributed by atoms with van der Waals surface area (Å²) in [5.74, 6) is -0.828. The Morgan fingerprint density at radius 1 is 1.38 bits per heavy atom. The van der Waals surface area contributed by atoms with E-state index in [1.165, 1.54) is 12.1 Å². The monoisotopic (exact) mass is 247 g/mol. The third-order valence-electron chi connectivity index (χ3n) is 2.36. The van der Waals surface area contributed by atoms with Crippen molar-refractivity contribution in [2.45, 2.75) is 12.5 Å². The van der Waals surface area contributed by atoms with E-state index in [1.807, 2.05) is 0 Å². The highest BCUT2D eigenvalue weighted by molar-refractivity contribution is 5.85. The maximum absolute atomic E-state index is 13.4. The van der Waals surface area contributed by atoms with Gasteiger partial charge in [-0.05, 0) is 12.5 Å². The zero-order valence-electron chi connectivity index (χ0n) is 8.41. The van der Waals surface area contributed by atoms with Crippen LogP contribution in [0.3, 0.4) is 0 Å². The average molecular weight is 248 g/mol. The molecule has 6 heteroatoms. The van der Waals surface area contributed by atoms with Gasteiger partial charge in [0.1, 0.15) is 11.6 Å². The number of nitrogens with zero attached hydrogens (tertiary/aromatic N) is 1. The summed E-state index contributed by atoms with van der Waals surface area (Å²) in [5, 5.41) is 2.86. The number of nitrogens with two attached hydrogens (primary N) is 1. The molecule has 1 heterocycles. The van der Waals surface area contributed by atoms with Crippen molar-refractivity contribution in [3.05, 3.63) is 35.4 Å². The molecule has 88 valence electrons. The SMILES string of the molecule is Cl.NC1=NCCC(c2ccc(F)cc2F)N1. The van der Waals surface area contributed by atoms with E-state index in [0.29, 0.717) is 24.5 Å². The minimum absolute atomic E-state index is 0. The molecule has 0 saturated carbocycles. The number of hydrogen-bond acceptors (Lipinski definition) is 3. The Bertz CT molecular complexity index is 409. The molecule has 0 saturated heterocycles. The van der Waals surface area contributed by atoms with E-state index in [9.17, 15) is 8.78 Å². The molecule has 1 aromatic carbocycles. The van der Waals surface area contributed by atoms with E-state index in [2.05, 4.69) is 10.3 Å². The van der Waals surface area contributed by atoms with E-state index >= 15 is 0 Å².